The van der Waals surface area contributed by atoms with Crippen molar-refractivity contribution in [2.24, 2.45) is 0 Å². The molecule has 21 heavy (non-hydrogen) atoms. The molecule has 1 aliphatic carbocycles. The summed E-state index contributed by atoms with van der Waals surface area (Å²) in [5.41, 5.74) is -0.338. The lowest BCUT2D eigenvalue weighted by Gasteiger charge is -2.34. The fraction of sp³-hybridized carbons (Fsp3) is 0.667. The molecule has 0 bridgehead atoms. The number of sulfonamides is 1. The van der Waals surface area contributed by atoms with Crippen LogP contribution >= 0.6 is 0 Å². The molecule has 0 amide bonds. The van der Waals surface area contributed by atoms with E-state index in [4.69, 9.17) is 0 Å². The SMILES string of the molecule is CCCNc1ncccc1S(=O)(=O)NC1(C)CCCCC1. The van der Waals surface area contributed by atoms with Crippen LogP contribution in [0.3, 0.4) is 0 Å². The van der Waals surface area contributed by atoms with Crippen molar-refractivity contribution in [3.8, 4) is 0 Å². The molecule has 0 spiro atoms. The lowest BCUT2D eigenvalue weighted by atomic mass is 9.84. The Morgan fingerprint density at radius 2 is 2.00 bits per heavy atom. The zero-order valence-electron chi connectivity index (χ0n) is 12.9. The van der Waals surface area contributed by atoms with Crippen LogP contribution in [-0.2, 0) is 10.0 Å². The molecule has 1 aromatic rings. The molecule has 2 rings (SSSR count). The van der Waals surface area contributed by atoms with Gasteiger partial charge in [-0.05, 0) is 38.3 Å². The van der Waals surface area contributed by atoms with E-state index in [1.54, 1.807) is 18.3 Å². The summed E-state index contributed by atoms with van der Waals surface area (Å²) in [6.07, 6.45) is 7.66. The summed E-state index contributed by atoms with van der Waals surface area (Å²) in [5.74, 6) is 0.436. The minimum Gasteiger partial charge on any atom is -0.369 e. The Kier molecular flexibility index (Phi) is 5.22. The van der Waals surface area contributed by atoms with E-state index in [-0.39, 0.29) is 10.4 Å². The minimum absolute atomic E-state index is 0.241. The summed E-state index contributed by atoms with van der Waals surface area (Å²) in [5, 5.41) is 3.09. The predicted molar refractivity (Wildman–Crippen MR) is 84.8 cm³/mol. The average molecular weight is 311 g/mol. The standard InChI is InChI=1S/C15H25N3O2S/c1-3-11-16-14-13(8-7-12-17-14)21(19,20)18-15(2)9-5-4-6-10-15/h7-8,12,18H,3-6,9-11H2,1-2H3,(H,16,17). The zero-order valence-corrected chi connectivity index (χ0v) is 13.7. The summed E-state index contributed by atoms with van der Waals surface area (Å²) < 4.78 is 28.3. The second kappa shape index (κ2) is 6.75. The van der Waals surface area contributed by atoms with Gasteiger partial charge in [0, 0.05) is 18.3 Å². The summed E-state index contributed by atoms with van der Waals surface area (Å²) >= 11 is 0. The second-order valence-corrected chi connectivity index (χ2v) is 7.65. The van der Waals surface area contributed by atoms with Crippen LogP contribution in [0.25, 0.3) is 0 Å². The van der Waals surface area contributed by atoms with Gasteiger partial charge >= 0.3 is 0 Å². The maximum absolute atomic E-state index is 12.7. The van der Waals surface area contributed by atoms with Crippen LogP contribution in [0.4, 0.5) is 5.82 Å². The van der Waals surface area contributed by atoms with E-state index in [0.29, 0.717) is 12.4 Å². The number of rotatable bonds is 6. The Morgan fingerprint density at radius 3 is 2.67 bits per heavy atom. The maximum atomic E-state index is 12.7. The van der Waals surface area contributed by atoms with Crippen molar-refractivity contribution in [2.75, 3.05) is 11.9 Å². The molecule has 1 saturated carbocycles. The number of hydrogen-bond acceptors (Lipinski definition) is 4. The van der Waals surface area contributed by atoms with Gasteiger partial charge in [0.1, 0.15) is 10.7 Å². The highest BCUT2D eigenvalue weighted by Gasteiger charge is 2.33. The number of pyridine rings is 1. The molecule has 1 aliphatic rings. The van der Waals surface area contributed by atoms with Gasteiger partial charge in [0.25, 0.3) is 0 Å². The van der Waals surface area contributed by atoms with Crippen LogP contribution < -0.4 is 10.0 Å². The molecule has 0 aliphatic heterocycles. The quantitative estimate of drug-likeness (QED) is 0.847. The average Bonchev–Trinajstić information content (AvgIpc) is 2.45. The van der Waals surface area contributed by atoms with Crippen molar-refractivity contribution in [3.63, 3.8) is 0 Å². The van der Waals surface area contributed by atoms with Gasteiger partial charge in [-0.2, -0.15) is 0 Å². The molecule has 0 aromatic carbocycles. The Morgan fingerprint density at radius 1 is 1.29 bits per heavy atom. The molecule has 1 heterocycles. The Hall–Kier alpha value is -1.14. The van der Waals surface area contributed by atoms with Crippen LogP contribution in [-0.4, -0.2) is 25.5 Å². The summed E-state index contributed by atoms with van der Waals surface area (Å²) in [7, 11) is -3.55. The van der Waals surface area contributed by atoms with Gasteiger partial charge in [-0.25, -0.2) is 18.1 Å². The zero-order chi connectivity index (χ0) is 15.3. The van der Waals surface area contributed by atoms with Crippen LogP contribution in [0.1, 0.15) is 52.4 Å². The molecule has 6 heteroatoms. The highest BCUT2D eigenvalue weighted by molar-refractivity contribution is 7.89. The van der Waals surface area contributed by atoms with Gasteiger partial charge in [-0.15, -0.1) is 0 Å². The van der Waals surface area contributed by atoms with Crippen LogP contribution in [0.15, 0.2) is 23.2 Å². The number of nitrogens with zero attached hydrogens (tertiary/aromatic N) is 1. The van der Waals surface area contributed by atoms with Crippen LogP contribution in [0.5, 0.6) is 0 Å². The van der Waals surface area contributed by atoms with Crippen LogP contribution in [0, 0.1) is 0 Å². The molecular formula is C15H25N3O2S. The number of nitrogens with one attached hydrogen (secondary N) is 2. The van der Waals surface area contributed by atoms with E-state index < -0.39 is 10.0 Å². The van der Waals surface area contributed by atoms with Gasteiger partial charge in [0.05, 0.1) is 0 Å². The fourth-order valence-electron chi connectivity index (χ4n) is 2.80. The molecule has 1 fully saturated rings. The molecule has 118 valence electrons. The second-order valence-electron chi connectivity index (χ2n) is 6.00. The predicted octanol–water partition coefficient (Wildman–Crippen LogP) is 2.90. The van der Waals surface area contributed by atoms with E-state index >= 15 is 0 Å². The number of aromatic nitrogens is 1. The van der Waals surface area contributed by atoms with Crippen molar-refractivity contribution in [1.29, 1.82) is 0 Å². The first-order valence-corrected chi connectivity index (χ1v) is 9.18. The fourth-order valence-corrected chi connectivity index (χ4v) is 4.40. The lowest BCUT2D eigenvalue weighted by molar-refractivity contribution is 0.294. The Labute approximate surface area is 127 Å². The third-order valence-corrected chi connectivity index (χ3v) is 5.61. The van der Waals surface area contributed by atoms with Gasteiger partial charge in [0.15, 0.2) is 0 Å². The van der Waals surface area contributed by atoms with E-state index in [9.17, 15) is 8.42 Å². The largest absolute Gasteiger partial charge is 0.369 e. The molecule has 0 radical (unpaired) electrons. The van der Waals surface area contributed by atoms with E-state index in [0.717, 1.165) is 32.1 Å². The maximum Gasteiger partial charge on any atom is 0.244 e. The summed E-state index contributed by atoms with van der Waals surface area (Å²) in [6, 6.07) is 3.27. The van der Waals surface area contributed by atoms with Gasteiger partial charge in [0.2, 0.25) is 10.0 Å². The van der Waals surface area contributed by atoms with E-state index in [2.05, 4.69) is 15.0 Å². The molecule has 5 nitrogen and oxygen atoms in total. The number of hydrogen-bond donors (Lipinski definition) is 2. The normalized spacial score (nSPS) is 18.4. The van der Waals surface area contributed by atoms with Crippen LogP contribution in [0.2, 0.25) is 0 Å². The monoisotopic (exact) mass is 311 g/mol. The lowest BCUT2D eigenvalue weighted by Crippen LogP contribution is -2.47. The summed E-state index contributed by atoms with van der Waals surface area (Å²) in [4.78, 5) is 4.41. The van der Waals surface area contributed by atoms with Crippen molar-refractivity contribution < 1.29 is 8.42 Å². The highest BCUT2D eigenvalue weighted by atomic mass is 32.2. The van der Waals surface area contributed by atoms with Crippen molar-refractivity contribution >= 4 is 15.8 Å². The first kappa shape index (κ1) is 16.2. The molecule has 0 saturated heterocycles. The van der Waals surface area contributed by atoms with Crippen molar-refractivity contribution in [1.82, 2.24) is 9.71 Å². The molecule has 0 unspecified atom stereocenters. The molecule has 0 atom stereocenters. The molecule has 2 N–H and O–H groups in total. The first-order valence-electron chi connectivity index (χ1n) is 7.70. The Bertz CT molecular complexity index is 566. The van der Waals surface area contributed by atoms with Crippen molar-refractivity contribution in [2.45, 2.75) is 62.8 Å². The third-order valence-electron chi connectivity index (χ3n) is 3.94. The minimum atomic E-state index is -3.55. The van der Waals surface area contributed by atoms with Crippen molar-refractivity contribution in [3.05, 3.63) is 18.3 Å². The summed E-state index contributed by atoms with van der Waals surface area (Å²) in [6.45, 7) is 4.74. The first-order chi connectivity index (χ1) is 9.97. The molecular weight excluding hydrogens is 286 g/mol. The Balaban J connectivity index is 2.22. The topological polar surface area (TPSA) is 71.1 Å². The van der Waals surface area contributed by atoms with E-state index in [1.807, 2.05) is 13.8 Å². The van der Waals surface area contributed by atoms with E-state index in [1.165, 1.54) is 6.42 Å². The van der Waals surface area contributed by atoms with Gasteiger partial charge in [-0.3, -0.25) is 0 Å². The highest BCUT2D eigenvalue weighted by Crippen LogP contribution is 2.30. The third kappa shape index (κ3) is 4.17. The van der Waals surface area contributed by atoms with Gasteiger partial charge < -0.3 is 5.32 Å². The number of anilines is 1. The van der Waals surface area contributed by atoms with Gasteiger partial charge in [-0.1, -0.05) is 26.2 Å². The molecule has 1 aromatic heterocycles. The smallest absolute Gasteiger partial charge is 0.244 e.